The third-order valence-corrected chi connectivity index (χ3v) is 8.27. The number of carbonyl (C=O) groups excluding carboxylic acids is 1. The summed E-state index contributed by atoms with van der Waals surface area (Å²) in [6.45, 7) is 2.18. The Morgan fingerprint density at radius 2 is 1.70 bits per heavy atom. The Morgan fingerprint density at radius 3 is 2.41 bits per heavy atom. The summed E-state index contributed by atoms with van der Waals surface area (Å²) in [5, 5.41) is 0.483. The molecule has 0 unspecified atom stereocenters. The zero-order chi connectivity index (χ0) is 30.6. The van der Waals surface area contributed by atoms with Crippen LogP contribution >= 0.6 is 22.9 Å². The third kappa shape index (κ3) is 6.00. The first kappa shape index (κ1) is 29.3. The third-order valence-electron chi connectivity index (χ3n) is 7.06. The standard InChI is InChI=1S/C35H26ClFN2O4S/c1-2-42-34(41)30-31(23-11-7-4-8-12-23)38-35-39(32(30)24-13-16-27(37)17-14-24)33(40)29(44-35)20-25-19-26(36)15-18-28(25)43-21-22-9-5-3-6-10-22/h3-20,32H,2,21H2,1H3/b29-20-/t32-/m0/s1. The first-order valence-electron chi connectivity index (χ1n) is 13.9. The lowest BCUT2D eigenvalue weighted by atomic mass is 9.93. The van der Waals surface area contributed by atoms with Crippen LogP contribution in [0.2, 0.25) is 5.02 Å². The molecule has 6 nitrogen and oxygen atoms in total. The number of hydrogen-bond acceptors (Lipinski definition) is 6. The molecule has 0 fully saturated rings. The molecular weight excluding hydrogens is 599 g/mol. The Labute approximate surface area is 261 Å². The Bertz CT molecular complexity index is 2040. The number of rotatable bonds is 8. The predicted molar refractivity (Wildman–Crippen MR) is 170 cm³/mol. The minimum absolute atomic E-state index is 0.130. The zero-order valence-corrected chi connectivity index (χ0v) is 25.1. The van der Waals surface area contributed by atoms with E-state index in [0.29, 0.717) is 49.1 Å². The van der Waals surface area contributed by atoms with Gasteiger partial charge in [-0.05, 0) is 54.5 Å². The maximum Gasteiger partial charge on any atom is 0.338 e. The van der Waals surface area contributed by atoms with Crippen LogP contribution in [0.25, 0.3) is 11.8 Å². The molecule has 9 heteroatoms. The molecule has 5 aromatic rings. The number of aromatic nitrogens is 1. The molecule has 0 amide bonds. The van der Waals surface area contributed by atoms with E-state index < -0.39 is 17.8 Å². The van der Waals surface area contributed by atoms with Crippen LogP contribution in [0.3, 0.4) is 0 Å². The van der Waals surface area contributed by atoms with Gasteiger partial charge in [0.25, 0.3) is 5.56 Å². The summed E-state index contributed by atoms with van der Waals surface area (Å²) in [5.41, 5.74) is 3.05. The van der Waals surface area contributed by atoms with Gasteiger partial charge < -0.3 is 9.47 Å². The van der Waals surface area contributed by atoms with Gasteiger partial charge in [-0.25, -0.2) is 14.2 Å². The number of hydrogen-bond donors (Lipinski definition) is 0. The first-order valence-corrected chi connectivity index (χ1v) is 15.1. The van der Waals surface area contributed by atoms with Crippen LogP contribution in [0.1, 0.15) is 35.2 Å². The van der Waals surface area contributed by atoms with Crippen molar-refractivity contribution >= 4 is 40.7 Å². The quantitative estimate of drug-likeness (QED) is 0.190. The molecule has 44 heavy (non-hydrogen) atoms. The molecule has 0 saturated carbocycles. The molecular formula is C35H26ClFN2O4S. The van der Waals surface area contributed by atoms with E-state index in [1.807, 2.05) is 60.7 Å². The second-order valence-corrected chi connectivity index (χ2v) is 11.4. The van der Waals surface area contributed by atoms with Crippen LogP contribution in [-0.4, -0.2) is 17.1 Å². The Kier molecular flexibility index (Phi) is 8.54. The average molecular weight is 625 g/mol. The van der Waals surface area contributed by atoms with Crippen molar-refractivity contribution in [1.29, 1.82) is 0 Å². The highest BCUT2D eigenvalue weighted by Crippen LogP contribution is 2.35. The SMILES string of the molecule is CCOC(=O)C1=C(c2ccccc2)N=c2s/c(=C\c3cc(Cl)ccc3OCc3ccccc3)c(=O)n2[C@H]1c1ccc(F)cc1. The van der Waals surface area contributed by atoms with Crippen LogP contribution in [0.5, 0.6) is 5.75 Å². The monoisotopic (exact) mass is 624 g/mol. The topological polar surface area (TPSA) is 69.9 Å². The van der Waals surface area contributed by atoms with Gasteiger partial charge in [0.05, 0.1) is 28.5 Å². The summed E-state index contributed by atoms with van der Waals surface area (Å²) in [6.07, 6.45) is 1.72. The van der Waals surface area contributed by atoms with E-state index in [0.717, 1.165) is 5.56 Å². The lowest BCUT2D eigenvalue weighted by Gasteiger charge is -2.25. The maximum absolute atomic E-state index is 14.2. The van der Waals surface area contributed by atoms with Gasteiger partial charge in [-0.1, -0.05) is 95.7 Å². The fraction of sp³-hybridized carbons (Fsp3) is 0.114. The second-order valence-electron chi connectivity index (χ2n) is 9.94. The summed E-state index contributed by atoms with van der Waals surface area (Å²) in [4.78, 5) is 33.0. The van der Waals surface area contributed by atoms with Crippen molar-refractivity contribution in [2.75, 3.05) is 6.61 Å². The van der Waals surface area contributed by atoms with Gasteiger partial charge in [0.1, 0.15) is 18.2 Å². The molecule has 0 N–H and O–H groups in total. The highest BCUT2D eigenvalue weighted by atomic mass is 35.5. The second kappa shape index (κ2) is 12.8. The van der Waals surface area contributed by atoms with Crippen molar-refractivity contribution in [3.63, 3.8) is 0 Å². The normalized spacial score (nSPS) is 14.6. The number of thiazole rings is 1. The van der Waals surface area contributed by atoms with Crippen LogP contribution in [0, 0.1) is 5.82 Å². The molecule has 4 aromatic carbocycles. The van der Waals surface area contributed by atoms with Crippen molar-refractivity contribution < 1.29 is 18.7 Å². The van der Waals surface area contributed by atoms with Gasteiger partial charge in [-0.3, -0.25) is 9.36 Å². The molecule has 0 spiro atoms. The van der Waals surface area contributed by atoms with E-state index in [9.17, 15) is 14.0 Å². The molecule has 220 valence electrons. The van der Waals surface area contributed by atoms with Gasteiger partial charge >= 0.3 is 5.97 Å². The lowest BCUT2D eigenvalue weighted by molar-refractivity contribution is -0.138. The Balaban J connectivity index is 1.55. The Hall–Kier alpha value is -4.79. The van der Waals surface area contributed by atoms with Crippen molar-refractivity contribution in [1.82, 2.24) is 4.57 Å². The number of halogens is 2. The first-order chi connectivity index (χ1) is 21.4. The molecule has 1 atom stereocenters. The van der Waals surface area contributed by atoms with Crippen molar-refractivity contribution in [3.8, 4) is 5.75 Å². The highest BCUT2D eigenvalue weighted by molar-refractivity contribution is 7.07. The van der Waals surface area contributed by atoms with Crippen molar-refractivity contribution in [2.45, 2.75) is 19.6 Å². The van der Waals surface area contributed by atoms with E-state index in [1.54, 1.807) is 43.3 Å². The number of benzene rings is 4. The minimum atomic E-state index is -0.906. The molecule has 1 aromatic heterocycles. The van der Waals surface area contributed by atoms with E-state index >= 15 is 0 Å². The fourth-order valence-corrected chi connectivity index (χ4v) is 6.21. The lowest BCUT2D eigenvalue weighted by Crippen LogP contribution is -2.40. The molecule has 0 bridgehead atoms. The largest absolute Gasteiger partial charge is 0.488 e. The Morgan fingerprint density at radius 1 is 1.00 bits per heavy atom. The van der Waals surface area contributed by atoms with E-state index in [1.165, 1.54) is 28.0 Å². The summed E-state index contributed by atoms with van der Waals surface area (Å²) >= 11 is 7.55. The number of nitrogens with zero attached hydrogens (tertiary/aromatic N) is 2. The van der Waals surface area contributed by atoms with Gasteiger partial charge in [0.15, 0.2) is 4.80 Å². The average Bonchev–Trinajstić information content (AvgIpc) is 3.35. The van der Waals surface area contributed by atoms with Crippen molar-refractivity contribution in [3.05, 3.63) is 161 Å². The summed E-state index contributed by atoms with van der Waals surface area (Å²) in [7, 11) is 0. The van der Waals surface area contributed by atoms with E-state index in [-0.39, 0.29) is 17.7 Å². The fourth-order valence-electron chi connectivity index (χ4n) is 5.04. The van der Waals surface area contributed by atoms with Gasteiger partial charge in [-0.15, -0.1) is 0 Å². The smallest absolute Gasteiger partial charge is 0.338 e. The number of carbonyl (C=O) groups is 1. The number of fused-ring (bicyclic) bond motifs is 1. The van der Waals surface area contributed by atoms with Crippen LogP contribution in [0.4, 0.5) is 4.39 Å². The van der Waals surface area contributed by atoms with Crippen LogP contribution in [-0.2, 0) is 16.1 Å². The van der Waals surface area contributed by atoms with Crippen LogP contribution in [0.15, 0.2) is 118 Å². The van der Waals surface area contributed by atoms with Crippen molar-refractivity contribution in [2.24, 2.45) is 4.99 Å². The predicted octanol–water partition coefficient (Wildman–Crippen LogP) is 6.31. The molecule has 6 rings (SSSR count). The number of esters is 1. The summed E-state index contributed by atoms with van der Waals surface area (Å²) in [5.74, 6) is -0.489. The van der Waals surface area contributed by atoms with Gasteiger partial charge in [0.2, 0.25) is 0 Å². The highest BCUT2D eigenvalue weighted by Gasteiger charge is 2.35. The minimum Gasteiger partial charge on any atom is -0.488 e. The van der Waals surface area contributed by atoms with E-state index in [2.05, 4.69) is 0 Å². The maximum atomic E-state index is 14.2. The molecule has 1 aliphatic heterocycles. The zero-order valence-electron chi connectivity index (χ0n) is 23.6. The van der Waals surface area contributed by atoms with E-state index in [4.69, 9.17) is 26.1 Å². The molecule has 0 saturated heterocycles. The van der Waals surface area contributed by atoms with Gasteiger partial charge in [0, 0.05) is 16.1 Å². The molecule has 0 aliphatic carbocycles. The molecule has 2 heterocycles. The van der Waals surface area contributed by atoms with Crippen LogP contribution < -0.4 is 19.6 Å². The summed E-state index contributed by atoms with van der Waals surface area (Å²) < 4.78 is 27.4. The van der Waals surface area contributed by atoms with Gasteiger partial charge in [-0.2, -0.15) is 0 Å². The molecule has 1 aliphatic rings. The molecule has 0 radical (unpaired) electrons. The summed E-state index contributed by atoms with van der Waals surface area (Å²) in [6, 6.07) is 29.1. The number of ether oxygens (including phenoxy) is 2.